The Morgan fingerprint density at radius 3 is 2.94 bits per heavy atom. The van der Waals surface area contributed by atoms with E-state index in [1.807, 2.05) is 19.1 Å². The van der Waals surface area contributed by atoms with Gasteiger partial charge in [-0.1, -0.05) is 23.8 Å². The van der Waals surface area contributed by atoms with Crippen LogP contribution in [-0.4, -0.2) is 19.8 Å². The minimum Gasteiger partial charge on any atom is -0.486 e. The molecule has 1 aliphatic rings. The molecule has 0 saturated carbocycles. The van der Waals surface area contributed by atoms with Crippen LogP contribution < -0.4 is 14.8 Å². The van der Waals surface area contributed by atoms with Crippen LogP contribution in [-0.2, 0) is 6.54 Å². The lowest BCUT2D eigenvalue weighted by Gasteiger charge is -2.20. The molecule has 0 atom stereocenters. The van der Waals surface area contributed by atoms with Crippen molar-refractivity contribution < 1.29 is 9.47 Å². The second-order valence-electron chi connectivity index (χ2n) is 4.16. The van der Waals surface area contributed by atoms with Crippen molar-refractivity contribution in [2.45, 2.75) is 13.5 Å². The van der Waals surface area contributed by atoms with Crippen LogP contribution in [0.2, 0.25) is 5.02 Å². The van der Waals surface area contributed by atoms with Crippen LogP contribution in [0.5, 0.6) is 11.5 Å². The van der Waals surface area contributed by atoms with Crippen LogP contribution in [0.15, 0.2) is 24.3 Å². The molecule has 17 heavy (non-hydrogen) atoms. The van der Waals surface area contributed by atoms with Crippen molar-refractivity contribution in [2.75, 3.05) is 19.8 Å². The molecule has 0 bridgehead atoms. The molecule has 0 aliphatic carbocycles. The van der Waals surface area contributed by atoms with Gasteiger partial charge in [0.1, 0.15) is 13.2 Å². The lowest BCUT2D eigenvalue weighted by atomic mass is 10.2. The zero-order chi connectivity index (χ0) is 12.3. The van der Waals surface area contributed by atoms with Crippen LogP contribution in [0.25, 0.3) is 0 Å². The van der Waals surface area contributed by atoms with E-state index in [0.29, 0.717) is 24.0 Å². The highest BCUT2D eigenvalue weighted by atomic mass is 35.5. The average molecular weight is 254 g/mol. The van der Waals surface area contributed by atoms with E-state index in [0.717, 1.165) is 30.0 Å². The first-order valence-corrected chi connectivity index (χ1v) is 5.98. The Kier molecular flexibility index (Phi) is 3.92. The Morgan fingerprint density at radius 2 is 2.18 bits per heavy atom. The molecule has 0 amide bonds. The van der Waals surface area contributed by atoms with Gasteiger partial charge in [-0.25, -0.2) is 0 Å². The fourth-order valence-corrected chi connectivity index (χ4v) is 1.97. The molecular weight excluding hydrogens is 238 g/mol. The fraction of sp³-hybridized carbons (Fsp3) is 0.385. The number of ether oxygens (including phenoxy) is 2. The van der Waals surface area contributed by atoms with Crippen LogP contribution >= 0.6 is 11.6 Å². The topological polar surface area (TPSA) is 30.5 Å². The number of benzene rings is 1. The predicted octanol–water partition coefficient (Wildman–Crippen LogP) is 2.78. The first-order valence-electron chi connectivity index (χ1n) is 5.60. The summed E-state index contributed by atoms with van der Waals surface area (Å²) in [6.07, 6.45) is 0. The molecule has 0 spiro atoms. The van der Waals surface area contributed by atoms with Gasteiger partial charge in [-0.3, -0.25) is 0 Å². The highest BCUT2D eigenvalue weighted by Gasteiger charge is 2.16. The van der Waals surface area contributed by atoms with E-state index in [2.05, 4.69) is 11.9 Å². The van der Waals surface area contributed by atoms with Crippen molar-refractivity contribution in [3.05, 3.63) is 34.9 Å². The molecule has 1 heterocycles. The van der Waals surface area contributed by atoms with Crippen molar-refractivity contribution in [3.63, 3.8) is 0 Å². The largest absolute Gasteiger partial charge is 0.486 e. The van der Waals surface area contributed by atoms with Gasteiger partial charge >= 0.3 is 0 Å². The molecule has 1 aromatic carbocycles. The lowest BCUT2D eigenvalue weighted by Crippen LogP contribution is -2.18. The summed E-state index contributed by atoms with van der Waals surface area (Å²) in [5, 5.41) is 3.89. The van der Waals surface area contributed by atoms with E-state index in [1.165, 1.54) is 0 Å². The number of halogens is 1. The number of fused-ring (bicyclic) bond motifs is 1. The van der Waals surface area contributed by atoms with Crippen molar-refractivity contribution in [2.24, 2.45) is 0 Å². The van der Waals surface area contributed by atoms with Gasteiger partial charge in [0.2, 0.25) is 0 Å². The van der Waals surface area contributed by atoms with Gasteiger partial charge in [-0.05, 0) is 24.6 Å². The van der Waals surface area contributed by atoms with Gasteiger partial charge < -0.3 is 14.8 Å². The van der Waals surface area contributed by atoms with Gasteiger partial charge in [0.05, 0.1) is 5.02 Å². The average Bonchev–Trinajstić information content (AvgIpc) is 2.28. The third-order valence-corrected chi connectivity index (χ3v) is 2.69. The normalized spacial score (nSPS) is 13.5. The molecular formula is C13H16ClNO2. The van der Waals surface area contributed by atoms with Gasteiger partial charge in [0.15, 0.2) is 11.5 Å². The van der Waals surface area contributed by atoms with E-state index < -0.39 is 0 Å². The maximum absolute atomic E-state index is 6.14. The van der Waals surface area contributed by atoms with E-state index in [4.69, 9.17) is 21.1 Å². The van der Waals surface area contributed by atoms with Crippen LogP contribution in [0, 0.1) is 0 Å². The zero-order valence-electron chi connectivity index (χ0n) is 9.88. The molecule has 0 saturated heterocycles. The number of nitrogens with one attached hydrogen (secondary N) is 1. The third-order valence-electron chi connectivity index (χ3n) is 2.41. The Labute approximate surface area is 106 Å². The molecule has 0 fully saturated rings. The Hall–Kier alpha value is -1.19. The second kappa shape index (κ2) is 5.43. The molecule has 0 radical (unpaired) electrons. The third kappa shape index (κ3) is 3.14. The molecule has 1 aliphatic heterocycles. The number of hydrogen-bond acceptors (Lipinski definition) is 3. The van der Waals surface area contributed by atoms with Crippen LogP contribution in [0.3, 0.4) is 0 Å². The van der Waals surface area contributed by atoms with E-state index in [1.54, 1.807) is 0 Å². The summed E-state index contributed by atoms with van der Waals surface area (Å²) in [7, 11) is 0. The van der Waals surface area contributed by atoms with Crippen molar-refractivity contribution in [1.29, 1.82) is 0 Å². The van der Waals surface area contributed by atoms with Crippen LogP contribution in [0.1, 0.15) is 12.5 Å². The highest BCUT2D eigenvalue weighted by molar-refractivity contribution is 6.32. The molecule has 3 nitrogen and oxygen atoms in total. The molecule has 1 N–H and O–H groups in total. The number of hydrogen-bond donors (Lipinski definition) is 1. The maximum atomic E-state index is 6.14. The zero-order valence-corrected chi connectivity index (χ0v) is 10.6. The molecule has 92 valence electrons. The Balaban J connectivity index is 2.08. The monoisotopic (exact) mass is 253 g/mol. The standard InChI is InChI=1S/C13H16ClNO2/c1-9(2)7-15-8-10-5-11(14)13-12(6-10)16-3-4-17-13/h5-6,15H,1,3-4,7-8H2,2H3. The maximum Gasteiger partial charge on any atom is 0.179 e. The first kappa shape index (κ1) is 12.3. The smallest absolute Gasteiger partial charge is 0.179 e. The quantitative estimate of drug-likeness (QED) is 0.837. The van der Waals surface area contributed by atoms with Crippen molar-refractivity contribution >= 4 is 11.6 Å². The van der Waals surface area contributed by atoms with E-state index in [9.17, 15) is 0 Å². The second-order valence-corrected chi connectivity index (χ2v) is 4.57. The summed E-state index contributed by atoms with van der Waals surface area (Å²) in [5.41, 5.74) is 2.19. The minimum absolute atomic E-state index is 0.556. The molecule has 0 unspecified atom stereocenters. The summed E-state index contributed by atoms with van der Waals surface area (Å²) in [5.74, 6) is 1.39. The molecule has 4 heteroatoms. The van der Waals surface area contributed by atoms with Crippen LogP contribution in [0.4, 0.5) is 0 Å². The minimum atomic E-state index is 0.556. The highest BCUT2D eigenvalue weighted by Crippen LogP contribution is 2.38. The SMILES string of the molecule is C=C(C)CNCc1cc(Cl)c2c(c1)OCCO2. The van der Waals surface area contributed by atoms with E-state index >= 15 is 0 Å². The van der Waals surface area contributed by atoms with Gasteiger partial charge in [0.25, 0.3) is 0 Å². The van der Waals surface area contributed by atoms with Gasteiger partial charge in [-0.15, -0.1) is 0 Å². The molecule has 0 aromatic heterocycles. The molecule has 2 rings (SSSR count). The Morgan fingerprint density at radius 1 is 1.41 bits per heavy atom. The summed E-state index contributed by atoms with van der Waals surface area (Å²) < 4.78 is 11.0. The summed E-state index contributed by atoms with van der Waals surface area (Å²) >= 11 is 6.14. The fourth-order valence-electron chi connectivity index (χ4n) is 1.69. The van der Waals surface area contributed by atoms with Crippen molar-refractivity contribution in [1.82, 2.24) is 5.32 Å². The van der Waals surface area contributed by atoms with Gasteiger partial charge in [-0.2, -0.15) is 0 Å². The summed E-state index contributed by atoms with van der Waals surface area (Å²) in [4.78, 5) is 0. The predicted molar refractivity (Wildman–Crippen MR) is 69.0 cm³/mol. The van der Waals surface area contributed by atoms with E-state index in [-0.39, 0.29) is 0 Å². The van der Waals surface area contributed by atoms with Gasteiger partial charge in [0, 0.05) is 13.1 Å². The van der Waals surface area contributed by atoms with Crippen molar-refractivity contribution in [3.8, 4) is 11.5 Å². The first-order chi connectivity index (χ1) is 8.16. The number of rotatable bonds is 4. The summed E-state index contributed by atoms with van der Waals surface area (Å²) in [6, 6.07) is 3.87. The summed E-state index contributed by atoms with van der Waals surface area (Å²) in [6.45, 7) is 8.50. The molecule has 1 aromatic rings. The Bertz CT molecular complexity index is 432. The lowest BCUT2D eigenvalue weighted by molar-refractivity contribution is 0.171.